The van der Waals surface area contributed by atoms with Crippen LogP contribution >= 0.6 is 12.4 Å². The van der Waals surface area contributed by atoms with Crippen molar-refractivity contribution in [2.75, 3.05) is 31.7 Å². The predicted molar refractivity (Wildman–Crippen MR) is 112 cm³/mol. The summed E-state index contributed by atoms with van der Waals surface area (Å²) in [6.45, 7) is 4.04. The fourth-order valence-electron chi connectivity index (χ4n) is 3.06. The quantitative estimate of drug-likeness (QED) is 0.726. The molecule has 0 atom stereocenters. The fraction of sp³-hybridized carbons (Fsp3) is 0.381. The van der Waals surface area contributed by atoms with Crippen LogP contribution in [0.25, 0.3) is 0 Å². The van der Waals surface area contributed by atoms with Gasteiger partial charge in [0.05, 0.1) is 12.0 Å². The van der Waals surface area contributed by atoms with Gasteiger partial charge in [-0.15, -0.1) is 12.4 Å². The van der Waals surface area contributed by atoms with Crippen LogP contribution in [-0.2, 0) is 9.53 Å². The van der Waals surface area contributed by atoms with Gasteiger partial charge in [0.15, 0.2) is 0 Å². The first-order chi connectivity index (χ1) is 13.1. The number of carbonyl (C=O) groups excluding carboxylic acids is 1. The second kappa shape index (κ2) is 10.3. The van der Waals surface area contributed by atoms with Gasteiger partial charge in [-0.25, -0.2) is 0 Å². The van der Waals surface area contributed by atoms with Crippen molar-refractivity contribution in [3.05, 3.63) is 48.5 Å². The molecule has 1 heterocycles. The SMILES string of the molecule is CCOc1ccc(Oc2ccc(NC(=O)C3(CN)CCOCC3)cc2)cc1.Cl. The van der Waals surface area contributed by atoms with Crippen molar-refractivity contribution in [2.24, 2.45) is 11.1 Å². The highest BCUT2D eigenvalue weighted by Crippen LogP contribution is 2.31. The average molecular weight is 407 g/mol. The number of nitrogens with one attached hydrogen (secondary N) is 1. The standard InChI is InChI=1S/C21H26N2O4.ClH/c1-2-26-17-7-9-19(10-8-17)27-18-5-3-16(4-6-18)23-20(24)21(15-22)11-13-25-14-12-21;/h3-10H,2,11-15,22H2,1H3,(H,23,24);1H. The molecule has 1 aliphatic heterocycles. The second-order valence-electron chi connectivity index (χ2n) is 6.58. The van der Waals surface area contributed by atoms with E-state index in [0.29, 0.717) is 45.0 Å². The number of nitrogens with two attached hydrogens (primary N) is 1. The molecule has 0 spiro atoms. The van der Waals surface area contributed by atoms with E-state index in [9.17, 15) is 4.79 Å². The van der Waals surface area contributed by atoms with Gasteiger partial charge in [0.2, 0.25) is 5.91 Å². The van der Waals surface area contributed by atoms with Gasteiger partial charge in [-0.05, 0) is 68.3 Å². The number of halogens is 1. The smallest absolute Gasteiger partial charge is 0.232 e. The summed E-state index contributed by atoms with van der Waals surface area (Å²) in [5.74, 6) is 2.18. The normalized spacial score (nSPS) is 15.2. The van der Waals surface area contributed by atoms with Crippen molar-refractivity contribution < 1.29 is 19.0 Å². The van der Waals surface area contributed by atoms with Crippen molar-refractivity contribution in [2.45, 2.75) is 19.8 Å². The lowest BCUT2D eigenvalue weighted by atomic mass is 9.79. The Kier molecular flexibility index (Phi) is 8.11. The minimum atomic E-state index is -0.546. The Morgan fingerprint density at radius 2 is 1.57 bits per heavy atom. The maximum atomic E-state index is 12.7. The molecule has 6 nitrogen and oxygen atoms in total. The number of carbonyl (C=O) groups is 1. The molecule has 28 heavy (non-hydrogen) atoms. The lowest BCUT2D eigenvalue weighted by Crippen LogP contribution is -2.46. The number of hydrogen-bond acceptors (Lipinski definition) is 5. The molecule has 1 amide bonds. The molecular formula is C21H27ClN2O4. The molecule has 2 aromatic carbocycles. The van der Waals surface area contributed by atoms with Crippen LogP contribution in [0.5, 0.6) is 17.2 Å². The van der Waals surface area contributed by atoms with E-state index in [1.54, 1.807) is 0 Å². The molecule has 0 aliphatic carbocycles. The zero-order chi connectivity index (χ0) is 19.1. The lowest BCUT2D eigenvalue weighted by Gasteiger charge is -2.34. The minimum absolute atomic E-state index is 0. The summed E-state index contributed by atoms with van der Waals surface area (Å²) in [5, 5.41) is 2.97. The van der Waals surface area contributed by atoms with Crippen LogP contribution in [0.1, 0.15) is 19.8 Å². The Morgan fingerprint density at radius 3 is 2.11 bits per heavy atom. The fourth-order valence-corrected chi connectivity index (χ4v) is 3.06. The van der Waals surface area contributed by atoms with Crippen molar-refractivity contribution in [1.82, 2.24) is 0 Å². The highest BCUT2D eigenvalue weighted by Gasteiger charge is 2.38. The molecule has 3 N–H and O–H groups in total. The largest absolute Gasteiger partial charge is 0.494 e. The first-order valence-electron chi connectivity index (χ1n) is 9.25. The van der Waals surface area contributed by atoms with Crippen LogP contribution in [0.15, 0.2) is 48.5 Å². The van der Waals surface area contributed by atoms with Gasteiger partial charge in [0, 0.05) is 25.4 Å². The van der Waals surface area contributed by atoms with Gasteiger partial charge in [0.1, 0.15) is 17.2 Å². The number of hydrogen-bond donors (Lipinski definition) is 2. The van der Waals surface area contributed by atoms with Crippen LogP contribution in [0.3, 0.4) is 0 Å². The number of amides is 1. The van der Waals surface area contributed by atoms with E-state index in [1.165, 1.54) is 0 Å². The highest BCUT2D eigenvalue weighted by molar-refractivity contribution is 5.95. The number of benzene rings is 2. The van der Waals surface area contributed by atoms with Gasteiger partial charge in [-0.2, -0.15) is 0 Å². The lowest BCUT2D eigenvalue weighted by molar-refractivity contribution is -0.130. The van der Waals surface area contributed by atoms with Crippen molar-refractivity contribution in [3.8, 4) is 17.2 Å². The first kappa shape index (κ1) is 22.0. The zero-order valence-electron chi connectivity index (χ0n) is 16.0. The maximum Gasteiger partial charge on any atom is 0.232 e. The number of ether oxygens (including phenoxy) is 3. The minimum Gasteiger partial charge on any atom is -0.494 e. The van der Waals surface area contributed by atoms with Gasteiger partial charge in [0.25, 0.3) is 0 Å². The van der Waals surface area contributed by atoms with Crippen LogP contribution in [0, 0.1) is 5.41 Å². The summed E-state index contributed by atoms with van der Waals surface area (Å²) in [6, 6.07) is 14.8. The van der Waals surface area contributed by atoms with E-state index >= 15 is 0 Å². The maximum absolute atomic E-state index is 12.7. The summed E-state index contributed by atoms with van der Waals surface area (Å²) < 4.78 is 16.6. The molecule has 152 valence electrons. The third-order valence-corrected chi connectivity index (χ3v) is 4.80. The molecule has 0 bridgehead atoms. The summed E-state index contributed by atoms with van der Waals surface area (Å²) in [7, 11) is 0. The van der Waals surface area contributed by atoms with Gasteiger partial charge >= 0.3 is 0 Å². The zero-order valence-corrected chi connectivity index (χ0v) is 16.8. The van der Waals surface area contributed by atoms with Crippen molar-refractivity contribution in [3.63, 3.8) is 0 Å². The van der Waals surface area contributed by atoms with Crippen LogP contribution < -0.4 is 20.5 Å². The molecule has 2 aromatic rings. The second-order valence-corrected chi connectivity index (χ2v) is 6.58. The Bertz CT molecular complexity index is 744. The van der Waals surface area contributed by atoms with E-state index in [4.69, 9.17) is 19.9 Å². The third kappa shape index (κ3) is 5.38. The summed E-state index contributed by atoms with van der Waals surface area (Å²) in [4.78, 5) is 12.7. The summed E-state index contributed by atoms with van der Waals surface area (Å²) in [6.07, 6.45) is 1.29. The molecule has 7 heteroatoms. The van der Waals surface area contributed by atoms with Crippen LogP contribution in [0.4, 0.5) is 5.69 Å². The Hall–Kier alpha value is -2.28. The highest BCUT2D eigenvalue weighted by atomic mass is 35.5. The van der Waals surface area contributed by atoms with Crippen molar-refractivity contribution in [1.29, 1.82) is 0 Å². The molecular weight excluding hydrogens is 380 g/mol. The van der Waals surface area contributed by atoms with E-state index in [1.807, 2.05) is 55.5 Å². The van der Waals surface area contributed by atoms with E-state index in [2.05, 4.69) is 5.32 Å². The molecule has 0 radical (unpaired) electrons. The van der Waals surface area contributed by atoms with Gasteiger partial charge < -0.3 is 25.3 Å². The molecule has 0 saturated carbocycles. The number of rotatable bonds is 7. The first-order valence-corrected chi connectivity index (χ1v) is 9.25. The van der Waals surface area contributed by atoms with E-state index in [-0.39, 0.29) is 18.3 Å². The monoisotopic (exact) mass is 406 g/mol. The topological polar surface area (TPSA) is 82.8 Å². The molecule has 1 fully saturated rings. The molecule has 0 aromatic heterocycles. The van der Waals surface area contributed by atoms with E-state index < -0.39 is 5.41 Å². The van der Waals surface area contributed by atoms with Crippen LogP contribution in [0.2, 0.25) is 0 Å². The Labute approximate surface area is 171 Å². The molecule has 0 unspecified atom stereocenters. The molecule has 1 saturated heterocycles. The average Bonchev–Trinajstić information content (AvgIpc) is 2.71. The number of anilines is 1. The van der Waals surface area contributed by atoms with Gasteiger partial charge in [-0.3, -0.25) is 4.79 Å². The molecule has 3 rings (SSSR count). The van der Waals surface area contributed by atoms with Gasteiger partial charge in [-0.1, -0.05) is 0 Å². The Morgan fingerprint density at radius 1 is 1.04 bits per heavy atom. The molecule has 1 aliphatic rings. The predicted octanol–water partition coefficient (Wildman–Crippen LogP) is 3.99. The summed E-state index contributed by atoms with van der Waals surface area (Å²) in [5.41, 5.74) is 6.06. The summed E-state index contributed by atoms with van der Waals surface area (Å²) >= 11 is 0. The van der Waals surface area contributed by atoms with Crippen LogP contribution in [-0.4, -0.2) is 32.3 Å². The Balaban J connectivity index is 0.00000280. The van der Waals surface area contributed by atoms with Crippen molar-refractivity contribution >= 4 is 24.0 Å². The van der Waals surface area contributed by atoms with E-state index in [0.717, 1.165) is 17.2 Å². The third-order valence-electron chi connectivity index (χ3n) is 4.80.